The standard InChI is InChI=1S/C11H24N2O2/c1-4-10(5-2)8-13-11(15)12-7-6-9(3)14/h9-10,14H,4-8H2,1-3H3,(H2,12,13,15). The third-order valence-electron chi connectivity index (χ3n) is 2.55. The van der Waals surface area contributed by atoms with Crippen LogP contribution in [-0.2, 0) is 0 Å². The van der Waals surface area contributed by atoms with Gasteiger partial charge in [0.15, 0.2) is 0 Å². The molecule has 0 aromatic heterocycles. The molecular formula is C11H24N2O2. The number of nitrogens with one attached hydrogen (secondary N) is 2. The number of rotatable bonds is 7. The maximum Gasteiger partial charge on any atom is 0.314 e. The highest BCUT2D eigenvalue weighted by molar-refractivity contribution is 5.73. The second-order valence-electron chi connectivity index (χ2n) is 3.96. The van der Waals surface area contributed by atoms with E-state index in [-0.39, 0.29) is 12.1 Å². The maximum absolute atomic E-state index is 11.3. The van der Waals surface area contributed by atoms with Crippen molar-refractivity contribution in [2.24, 2.45) is 5.92 Å². The zero-order chi connectivity index (χ0) is 11.7. The van der Waals surface area contributed by atoms with Crippen LogP contribution in [0.5, 0.6) is 0 Å². The average Bonchev–Trinajstić information content (AvgIpc) is 2.18. The number of aliphatic hydroxyl groups excluding tert-OH is 1. The number of carbonyl (C=O) groups is 1. The lowest BCUT2D eigenvalue weighted by molar-refractivity contribution is 0.183. The molecule has 0 saturated heterocycles. The molecule has 0 saturated carbocycles. The van der Waals surface area contributed by atoms with Crippen molar-refractivity contribution in [1.82, 2.24) is 10.6 Å². The summed E-state index contributed by atoms with van der Waals surface area (Å²) in [5, 5.41) is 14.5. The van der Waals surface area contributed by atoms with Gasteiger partial charge in [-0.25, -0.2) is 4.79 Å². The zero-order valence-corrected chi connectivity index (χ0v) is 10.0. The zero-order valence-electron chi connectivity index (χ0n) is 10.0. The highest BCUT2D eigenvalue weighted by atomic mass is 16.3. The number of hydrogen-bond acceptors (Lipinski definition) is 2. The van der Waals surface area contributed by atoms with E-state index in [1.807, 2.05) is 0 Å². The van der Waals surface area contributed by atoms with Crippen molar-refractivity contribution >= 4 is 6.03 Å². The number of aliphatic hydroxyl groups is 1. The lowest BCUT2D eigenvalue weighted by Gasteiger charge is -2.14. The molecule has 1 atom stereocenters. The van der Waals surface area contributed by atoms with Crippen molar-refractivity contribution in [3.05, 3.63) is 0 Å². The van der Waals surface area contributed by atoms with E-state index in [0.717, 1.165) is 19.4 Å². The fourth-order valence-electron chi connectivity index (χ4n) is 1.27. The molecule has 0 aromatic carbocycles. The summed E-state index contributed by atoms with van der Waals surface area (Å²) < 4.78 is 0. The molecule has 0 bridgehead atoms. The van der Waals surface area contributed by atoms with Crippen molar-refractivity contribution in [3.8, 4) is 0 Å². The molecule has 4 heteroatoms. The van der Waals surface area contributed by atoms with Gasteiger partial charge < -0.3 is 15.7 Å². The molecule has 0 aliphatic heterocycles. The third-order valence-corrected chi connectivity index (χ3v) is 2.55. The summed E-state index contributed by atoms with van der Waals surface area (Å²) in [7, 11) is 0. The van der Waals surface area contributed by atoms with Gasteiger partial charge in [-0.15, -0.1) is 0 Å². The largest absolute Gasteiger partial charge is 0.393 e. The van der Waals surface area contributed by atoms with Crippen LogP contribution in [0.25, 0.3) is 0 Å². The molecule has 0 fully saturated rings. The first-order valence-electron chi connectivity index (χ1n) is 5.79. The minimum atomic E-state index is -0.357. The molecule has 0 spiro atoms. The Kier molecular flexibility index (Phi) is 8.09. The summed E-state index contributed by atoms with van der Waals surface area (Å²) in [6.45, 7) is 7.21. The molecule has 4 nitrogen and oxygen atoms in total. The van der Waals surface area contributed by atoms with E-state index in [9.17, 15) is 4.79 Å². The van der Waals surface area contributed by atoms with E-state index in [4.69, 9.17) is 5.11 Å². The van der Waals surface area contributed by atoms with E-state index < -0.39 is 0 Å². The van der Waals surface area contributed by atoms with E-state index in [1.54, 1.807) is 6.92 Å². The van der Waals surface area contributed by atoms with Crippen molar-refractivity contribution in [2.45, 2.75) is 46.1 Å². The molecule has 0 rings (SSSR count). The Morgan fingerprint density at radius 2 is 1.87 bits per heavy atom. The summed E-state index contributed by atoms with van der Waals surface area (Å²) >= 11 is 0. The van der Waals surface area contributed by atoms with Gasteiger partial charge in [0.1, 0.15) is 0 Å². The molecule has 0 aliphatic rings. The average molecular weight is 216 g/mol. The number of carbonyl (C=O) groups excluding carboxylic acids is 1. The van der Waals surface area contributed by atoms with Crippen LogP contribution in [0.4, 0.5) is 4.79 Å². The predicted molar refractivity (Wildman–Crippen MR) is 61.8 cm³/mol. The van der Waals surface area contributed by atoms with Crippen LogP contribution in [0.1, 0.15) is 40.0 Å². The van der Waals surface area contributed by atoms with E-state index in [0.29, 0.717) is 18.9 Å². The Balaban J connectivity index is 3.48. The Bertz CT molecular complexity index is 168. The van der Waals surface area contributed by atoms with Gasteiger partial charge in [0, 0.05) is 13.1 Å². The van der Waals surface area contributed by atoms with Crippen LogP contribution < -0.4 is 10.6 Å². The van der Waals surface area contributed by atoms with Crippen molar-refractivity contribution in [2.75, 3.05) is 13.1 Å². The minimum absolute atomic E-state index is 0.137. The maximum atomic E-state index is 11.3. The van der Waals surface area contributed by atoms with Crippen molar-refractivity contribution < 1.29 is 9.90 Å². The van der Waals surface area contributed by atoms with Crippen LogP contribution in [-0.4, -0.2) is 30.3 Å². The van der Waals surface area contributed by atoms with Gasteiger partial charge in [-0.1, -0.05) is 26.7 Å². The quantitative estimate of drug-likeness (QED) is 0.604. The van der Waals surface area contributed by atoms with Crippen molar-refractivity contribution in [3.63, 3.8) is 0 Å². The summed E-state index contributed by atoms with van der Waals surface area (Å²) in [4.78, 5) is 11.3. The van der Waals surface area contributed by atoms with Crippen LogP contribution >= 0.6 is 0 Å². The lowest BCUT2D eigenvalue weighted by Crippen LogP contribution is -2.39. The summed E-state index contributed by atoms with van der Waals surface area (Å²) in [6, 6.07) is -0.137. The minimum Gasteiger partial charge on any atom is -0.393 e. The van der Waals surface area contributed by atoms with Crippen molar-refractivity contribution in [1.29, 1.82) is 0 Å². The Labute approximate surface area is 92.4 Å². The van der Waals surface area contributed by atoms with E-state index in [2.05, 4.69) is 24.5 Å². The molecule has 0 heterocycles. The number of hydrogen-bond donors (Lipinski definition) is 3. The Morgan fingerprint density at radius 3 is 2.33 bits per heavy atom. The van der Waals surface area contributed by atoms with E-state index >= 15 is 0 Å². The monoisotopic (exact) mass is 216 g/mol. The first-order chi connectivity index (χ1) is 7.10. The molecule has 1 unspecified atom stereocenters. The molecular weight excluding hydrogens is 192 g/mol. The van der Waals surface area contributed by atoms with Gasteiger partial charge in [0.05, 0.1) is 6.10 Å². The Morgan fingerprint density at radius 1 is 1.27 bits per heavy atom. The summed E-state index contributed by atoms with van der Waals surface area (Å²) in [5.41, 5.74) is 0. The molecule has 90 valence electrons. The second kappa shape index (κ2) is 8.53. The fourth-order valence-corrected chi connectivity index (χ4v) is 1.27. The highest BCUT2D eigenvalue weighted by Crippen LogP contribution is 2.04. The van der Waals surface area contributed by atoms with Crippen LogP contribution in [0.15, 0.2) is 0 Å². The molecule has 0 aromatic rings. The smallest absolute Gasteiger partial charge is 0.314 e. The molecule has 15 heavy (non-hydrogen) atoms. The van der Waals surface area contributed by atoms with Crippen LogP contribution in [0.2, 0.25) is 0 Å². The lowest BCUT2D eigenvalue weighted by atomic mass is 10.0. The van der Waals surface area contributed by atoms with Gasteiger partial charge >= 0.3 is 6.03 Å². The molecule has 2 amide bonds. The normalized spacial score (nSPS) is 12.6. The number of amides is 2. The van der Waals surface area contributed by atoms with Gasteiger partial charge in [0.25, 0.3) is 0 Å². The van der Waals surface area contributed by atoms with Gasteiger partial charge in [-0.2, -0.15) is 0 Å². The summed E-state index contributed by atoms with van der Waals surface area (Å²) in [6.07, 6.45) is 2.41. The first-order valence-corrected chi connectivity index (χ1v) is 5.79. The topological polar surface area (TPSA) is 61.4 Å². The number of urea groups is 1. The van der Waals surface area contributed by atoms with Crippen LogP contribution in [0, 0.1) is 5.92 Å². The first kappa shape index (κ1) is 14.2. The predicted octanol–water partition coefficient (Wildman–Crippen LogP) is 1.49. The Hall–Kier alpha value is -0.770. The fraction of sp³-hybridized carbons (Fsp3) is 0.909. The highest BCUT2D eigenvalue weighted by Gasteiger charge is 2.05. The van der Waals surface area contributed by atoms with Gasteiger partial charge in [-0.05, 0) is 19.3 Å². The molecule has 3 N–H and O–H groups in total. The van der Waals surface area contributed by atoms with E-state index in [1.165, 1.54) is 0 Å². The SMILES string of the molecule is CCC(CC)CNC(=O)NCCC(C)O. The van der Waals surface area contributed by atoms with Crippen LogP contribution in [0.3, 0.4) is 0 Å². The molecule has 0 radical (unpaired) electrons. The summed E-state index contributed by atoms with van der Waals surface area (Å²) in [5.74, 6) is 0.563. The third kappa shape index (κ3) is 8.24. The molecule has 0 aliphatic carbocycles. The van der Waals surface area contributed by atoms with Gasteiger partial charge in [-0.3, -0.25) is 0 Å². The second-order valence-corrected chi connectivity index (χ2v) is 3.96. The van der Waals surface area contributed by atoms with Gasteiger partial charge in [0.2, 0.25) is 0 Å².